The summed E-state index contributed by atoms with van der Waals surface area (Å²) in [6.07, 6.45) is 0. The van der Waals surface area contributed by atoms with Gasteiger partial charge in [0, 0.05) is 39.3 Å². The molecule has 0 spiro atoms. The Kier molecular flexibility index (Phi) is 4.50. The summed E-state index contributed by atoms with van der Waals surface area (Å²) in [7, 11) is 0. The summed E-state index contributed by atoms with van der Waals surface area (Å²) in [5, 5.41) is 1.16. The molecule has 0 N–H and O–H groups in total. The van der Waals surface area contributed by atoms with Gasteiger partial charge in [-0.2, -0.15) is 0 Å². The number of anilines is 1. The molecular formula is C15H21N3OS. The van der Waals surface area contributed by atoms with E-state index >= 15 is 0 Å². The van der Waals surface area contributed by atoms with Crippen LogP contribution in [-0.4, -0.2) is 55.8 Å². The van der Waals surface area contributed by atoms with Crippen molar-refractivity contribution in [2.24, 2.45) is 0 Å². The Labute approximate surface area is 124 Å². The molecule has 0 amide bonds. The minimum Gasteiger partial charge on any atom is -0.380 e. The number of hydrogen-bond donors (Lipinski definition) is 0. The van der Waals surface area contributed by atoms with Crippen molar-refractivity contribution in [2.75, 3.05) is 50.8 Å². The van der Waals surface area contributed by atoms with Gasteiger partial charge in [-0.1, -0.05) is 23.5 Å². The minimum absolute atomic E-state index is 0.811. The van der Waals surface area contributed by atoms with Crippen molar-refractivity contribution >= 4 is 26.7 Å². The Morgan fingerprint density at radius 1 is 1.20 bits per heavy atom. The van der Waals surface area contributed by atoms with Crippen molar-refractivity contribution in [1.82, 2.24) is 9.88 Å². The molecule has 1 aromatic heterocycles. The molecule has 0 atom stereocenters. The van der Waals surface area contributed by atoms with Crippen LogP contribution in [0.2, 0.25) is 0 Å². The second-order valence-corrected chi connectivity index (χ2v) is 6.00. The lowest BCUT2D eigenvalue weighted by Gasteiger charge is -2.34. The summed E-state index contributed by atoms with van der Waals surface area (Å²) in [5.74, 6) is 0. The number of hydrogen-bond acceptors (Lipinski definition) is 5. The number of piperazine rings is 1. The van der Waals surface area contributed by atoms with Crippen LogP contribution in [-0.2, 0) is 4.74 Å². The highest BCUT2D eigenvalue weighted by molar-refractivity contribution is 7.22. The minimum atomic E-state index is 0.811. The van der Waals surface area contributed by atoms with E-state index in [2.05, 4.69) is 34.1 Å². The summed E-state index contributed by atoms with van der Waals surface area (Å²) < 4.78 is 6.70. The van der Waals surface area contributed by atoms with Gasteiger partial charge in [0.15, 0.2) is 5.13 Å². The molecule has 0 aliphatic carbocycles. The lowest BCUT2D eigenvalue weighted by atomic mass is 10.3. The van der Waals surface area contributed by atoms with Crippen LogP contribution in [0.3, 0.4) is 0 Å². The van der Waals surface area contributed by atoms with Crippen LogP contribution in [0.25, 0.3) is 10.2 Å². The first-order chi connectivity index (χ1) is 9.86. The zero-order valence-corrected chi connectivity index (χ0v) is 12.7. The zero-order valence-electron chi connectivity index (χ0n) is 11.9. The molecule has 2 heterocycles. The SMILES string of the molecule is CCOCCN1CCN(c2nc3ccccc3s2)CC1. The molecule has 5 heteroatoms. The first-order valence-electron chi connectivity index (χ1n) is 7.27. The average Bonchev–Trinajstić information content (AvgIpc) is 2.92. The maximum absolute atomic E-state index is 5.42. The first kappa shape index (κ1) is 13.8. The van der Waals surface area contributed by atoms with E-state index in [1.54, 1.807) is 11.3 Å². The molecule has 0 saturated carbocycles. The van der Waals surface area contributed by atoms with Gasteiger partial charge in [0.25, 0.3) is 0 Å². The van der Waals surface area contributed by atoms with E-state index in [0.717, 1.165) is 56.6 Å². The second kappa shape index (κ2) is 6.52. The molecule has 1 aliphatic rings. The van der Waals surface area contributed by atoms with Gasteiger partial charge in [0.1, 0.15) is 0 Å². The molecule has 4 nitrogen and oxygen atoms in total. The third kappa shape index (κ3) is 3.11. The number of nitrogens with zero attached hydrogens (tertiary/aromatic N) is 3. The standard InChI is InChI=1S/C15H21N3OS/c1-2-19-12-11-17-7-9-18(10-8-17)15-16-13-5-3-4-6-14(13)20-15/h3-6H,2,7-12H2,1H3. The quantitative estimate of drug-likeness (QED) is 0.791. The third-order valence-electron chi connectivity index (χ3n) is 3.68. The Balaban J connectivity index is 1.57. The summed E-state index contributed by atoms with van der Waals surface area (Å²) in [6, 6.07) is 8.37. The van der Waals surface area contributed by atoms with E-state index in [1.807, 2.05) is 6.92 Å². The van der Waals surface area contributed by atoms with Gasteiger partial charge < -0.3 is 9.64 Å². The third-order valence-corrected chi connectivity index (χ3v) is 4.78. The number of aromatic nitrogens is 1. The van der Waals surface area contributed by atoms with E-state index in [4.69, 9.17) is 9.72 Å². The fourth-order valence-electron chi connectivity index (χ4n) is 2.50. The number of para-hydroxylation sites is 1. The van der Waals surface area contributed by atoms with Crippen LogP contribution in [0.15, 0.2) is 24.3 Å². The van der Waals surface area contributed by atoms with Crippen molar-refractivity contribution in [1.29, 1.82) is 0 Å². The topological polar surface area (TPSA) is 28.6 Å². The summed E-state index contributed by atoms with van der Waals surface area (Å²) in [6.45, 7) is 9.07. The van der Waals surface area contributed by atoms with Gasteiger partial charge in [-0.25, -0.2) is 4.98 Å². The van der Waals surface area contributed by atoms with Gasteiger partial charge in [-0.15, -0.1) is 0 Å². The predicted molar refractivity (Wildman–Crippen MR) is 84.8 cm³/mol. The molecule has 1 aromatic carbocycles. The van der Waals surface area contributed by atoms with Gasteiger partial charge >= 0.3 is 0 Å². The highest BCUT2D eigenvalue weighted by Gasteiger charge is 2.19. The van der Waals surface area contributed by atoms with Crippen LogP contribution in [0.1, 0.15) is 6.92 Å². The Bertz CT molecular complexity index is 516. The largest absolute Gasteiger partial charge is 0.380 e. The number of rotatable bonds is 5. The van der Waals surface area contributed by atoms with E-state index in [1.165, 1.54) is 4.70 Å². The van der Waals surface area contributed by atoms with Crippen LogP contribution >= 0.6 is 11.3 Å². The van der Waals surface area contributed by atoms with Gasteiger partial charge in [0.2, 0.25) is 0 Å². The highest BCUT2D eigenvalue weighted by Crippen LogP contribution is 2.28. The van der Waals surface area contributed by atoms with Gasteiger partial charge in [-0.3, -0.25) is 4.90 Å². The lowest BCUT2D eigenvalue weighted by molar-refractivity contribution is 0.111. The smallest absolute Gasteiger partial charge is 0.186 e. The van der Waals surface area contributed by atoms with Crippen molar-refractivity contribution < 1.29 is 4.74 Å². The number of fused-ring (bicyclic) bond motifs is 1. The Hall–Kier alpha value is -1.17. The molecule has 1 saturated heterocycles. The maximum Gasteiger partial charge on any atom is 0.186 e. The van der Waals surface area contributed by atoms with Crippen molar-refractivity contribution in [3.63, 3.8) is 0 Å². The highest BCUT2D eigenvalue weighted by atomic mass is 32.1. The molecule has 0 radical (unpaired) electrons. The zero-order chi connectivity index (χ0) is 13.8. The lowest BCUT2D eigenvalue weighted by Crippen LogP contribution is -2.47. The molecule has 108 valence electrons. The number of thiazole rings is 1. The maximum atomic E-state index is 5.42. The second-order valence-electron chi connectivity index (χ2n) is 4.99. The fourth-order valence-corrected chi connectivity index (χ4v) is 3.51. The van der Waals surface area contributed by atoms with Gasteiger partial charge in [-0.05, 0) is 19.1 Å². The van der Waals surface area contributed by atoms with Crippen molar-refractivity contribution in [3.8, 4) is 0 Å². The molecular weight excluding hydrogens is 270 g/mol. The normalized spacial score (nSPS) is 16.9. The number of benzene rings is 1. The summed E-state index contributed by atoms with van der Waals surface area (Å²) >= 11 is 1.80. The van der Waals surface area contributed by atoms with Gasteiger partial charge in [0.05, 0.1) is 16.8 Å². The first-order valence-corrected chi connectivity index (χ1v) is 8.09. The van der Waals surface area contributed by atoms with E-state index < -0.39 is 0 Å². The molecule has 0 bridgehead atoms. The Morgan fingerprint density at radius 3 is 2.75 bits per heavy atom. The summed E-state index contributed by atoms with van der Waals surface area (Å²) in [4.78, 5) is 9.61. The van der Waals surface area contributed by atoms with Crippen LogP contribution in [0.5, 0.6) is 0 Å². The summed E-state index contributed by atoms with van der Waals surface area (Å²) in [5.41, 5.74) is 1.12. The molecule has 3 rings (SSSR count). The Morgan fingerprint density at radius 2 is 2.00 bits per heavy atom. The molecule has 2 aromatic rings. The molecule has 20 heavy (non-hydrogen) atoms. The van der Waals surface area contributed by atoms with Crippen LogP contribution in [0.4, 0.5) is 5.13 Å². The van der Waals surface area contributed by atoms with Crippen LogP contribution < -0.4 is 4.90 Å². The predicted octanol–water partition coefficient (Wildman–Crippen LogP) is 2.45. The molecule has 1 aliphatic heterocycles. The van der Waals surface area contributed by atoms with Crippen LogP contribution in [0, 0.1) is 0 Å². The van der Waals surface area contributed by atoms with Crippen molar-refractivity contribution in [3.05, 3.63) is 24.3 Å². The number of ether oxygens (including phenoxy) is 1. The van der Waals surface area contributed by atoms with E-state index in [-0.39, 0.29) is 0 Å². The monoisotopic (exact) mass is 291 g/mol. The average molecular weight is 291 g/mol. The fraction of sp³-hybridized carbons (Fsp3) is 0.533. The van der Waals surface area contributed by atoms with E-state index in [9.17, 15) is 0 Å². The molecule has 0 unspecified atom stereocenters. The van der Waals surface area contributed by atoms with Crippen molar-refractivity contribution in [2.45, 2.75) is 6.92 Å². The van der Waals surface area contributed by atoms with E-state index in [0.29, 0.717) is 0 Å². The molecule has 1 fully saturated rings.